The maximum absolute atomic E-state index is 10.9. The summed E-state index contributed by atoms with van der Waals surface area (Å²) in [6, 6.07) is 0. The number of amides is 1. The zero-order chi connectivity index (χ0) is 8.06. The van der Waals surface area contributed by atoms with Gasteiger partial charge in [-0.25, -0.2) is 0 Å². The third kappa shape index (κ3) is 0.805. The van der Waals surface area contributed by atoms with E-state index in [1.165, 1.54) is 0 Å². The van der Waals surface area contributed by atoms with Gasteiger partial charge in [0.15, 0.2) is 0 Å². The van der Waals surface area contributed by atoms with Gasteiger partial charge < -0.3 is 11.1 Å². The Labute approximate surface area is 66.3 Å². The normalized spacial score (nSPS) is 48.1. The summed E-state index contributed by atoms with van der Waals surface area (Å²) in [6.07, 6.45) is 1.12. The number of nitrogens with one attached hydrogen (secondary N) is 1. The number of piperidine rings is 1. The Kier molecular flexibility index (Phi) is 1.27. The molecule has 1 aliphatic heterocycles. The summed E-state index contributed by atoms with van der Waals surface area (Å²) in [6.45, 7) is 4.16. The van der Waals surface area contributed by atoms with Crippen LogP contribution < -0.4 is 11.1 Å². The standard InChI is InChI=1S/C8H14N2O/c1-8-4-10-3-2-5(8)6(8)7(9)11/h5-6,10H,2-4H2,1H3,(H2,9,11). The average Bonchev–Trinajstić information content (AvgIpc) is 2.54. The van der Waals surface area contributed by atoms with E-state index >= 15 is 0 Å². The molecule has 0 aromatic heterocycles. The van der Waals surface area contributed by atoms with Crippen molar-refractivity contribution in [3.63, 3.8) is 0 Å². The molecule has 1 saturated heterocycles. The van der Waals surface area contributed by atoms with Crippen LogP contribution in [0.4, 0.5) is 0 Å². The number of fused-ring (bicyclic) bond motifs is 1. The molecule has 0 radical (unpaired) electrons. The lowest BCUT2D eigenvalue weighted by atomic mass is 10.0. The van der Waals surface area contributed by atoms with Gasteiger partial charge in [0.1, 0.15) is 0 Å². The van der Waals surface area contributed by atoms with E-state index in [4.69, 9.17) is 5.73 Å². The predicted octanol–water partition coefficient (Wildman–Crippen LogP) is -0.283. The minimum Gasteiger partial charge on any atom is -0.369 e. The summed E-state index contributed by atoms with van der Waals surface area (Å²) < 4.78 is 0. The number of carbonyl (C=O) groups is 1. The van der Waals surface area contributed by atoms with E-state index in [2.05, 4.69) is 12.2 Å². The first kappa shape index (κ1) is 7.10. The summed E-state index contributed by atoms with van der Waals surface area (Å²) in [5.74, 6) is 0.611. The molecule has 3 N–H and O–H groups in total. The first-order valence-corrected chi connectivity index (χ1v) is 4.16. The van der Waals surface area contributed by atoms with Crippen molar-refractivity contribution < 1.29 is 4.79 Å². The van der Waals surface area contributed by atoms with Gasteiger partial charge in [-0.1, -0.05) is 6.92 Å². The van der Waals surface area contributed by atoms with Gasteiger partial charge in [0, 0.05) is 12.5 Å². The summed E-state index contributed by atoms with van der Waals surface area (Å²) in [5.41, 5.74) is 5.47. The predicted molar refractivity (Wildman–Crippen MR) is 41.8 cm³/mol. The van der Waals surface area contributed by atoms with Gasteiger partial charge in [-0.15, -0.1) is 0 Å². The van der Waals surface area contributed by atoms with Crippen LogP contribution in [-0.2, 0) is 4.79 Å². The van der Waals surface area contributed by atoms with Crippen LogP contribution in [0.2, 0.25) is 0 Å². The highest BCUT2D eigenvalue weighted by molar-refractivity contribution is 5.81. The third-order valence-corrected chi connectivity index (χ3v) is 3.30. The molecule has 0 aromatic carbocycles. The zero-order valence-electron chi connectivity index (χ0n) is 6.76. The van der Waals surface area contributed by atoms with Crippen molar-refractivity contribution in [2.24, 2.45) is 23.0 Å². The van der Waals surface area contributed by atoms with E-state index in [1.807, 2.05) is 0 Å². The van der Waals surface area contributed by atoms with Gasteiger partial charge >= 0.3 is 0 Å². The number of hydrogen-bond acceptors (Lipinski definition) is 2. The Morgan fingerprint density at radius 2 is 2.45 bits per heavy atom. The summed E-state index contributed by atoms with van der Waals surface area (Å²) in [5, 5.41) is 3.29. The molecule has 0 aromatic rings. The monoisotopic (exact) mass is 154 g/mol. The minimum atomic E-state index is -0.110. The fourth-order valence-corrected chi connectivity index (χ4v) is 2.54. The van der Waals surface area contributed by atoms with E-state index in [9.17, 15) is 4.79 Å². The fourth-order valence-electron chi connectivity index (χ4n) is 2.54. The first-order valence-electron chi connectivity index (χ1n) is 4.16. The molecular weight excluding hydrogens is 140 g/mol. The molecule has 1 saturated carbocycles. The first-order chi connectivity index (χ1) is 5.16. The smallest absolute Gasteiger partial charge is 0.221 e. The number of hydrogen-bond donors (Lipinski definition) is 2. The molecule has 1 aliphatic carbocycles. The molecule has 3 nitrogen and oxygen atoms in total. The maximum Gasteiger partial charge on any atom is 0.221 e. The molecule has 1 amide bonds. The second-order valence-electron chi connectivity index (χ2n) is 3.96. The molecule has 2 aliphatic rings. The SMILES string of the molecule is CC12CNCCC1C2C(N)=O. The number of carbonyl (C=O) groups excluding carboxylic acids is 1. The highest BCUT2D eigenvalue weighted by Crippen LogP contribution is 2.60. The van der Waals surface area contributed by atoms with Crippen molar-refractivity contribution in [1.29, 1.82) is 0 Å². The zero-order valence-corrected chi connectivity index (χ0v) is 6.76. The van der Waals surface area contributed by atoms with E-state index in [1.54, 1.807) is 0 Å². The van der Waals surface area contributed by atoms with Gasteiger partial charge in [-0.2, -0.15) is 0 Å². The fraction of sp³-hybridized carbons (Fsp3) is 0.875. The van der Waals surface area contributed by atoms with Crippen molar-refractivity contribution in [2.75, 3.05) is 13.1 Å². The second-order valence-corrected chi connectivity index (χ2v) is 3.96. The van der Waals surface area contributed by atoms with Crippen molar-refractivity contribution in [2.45, 2.75) is 13.3 Å². The van der Waals surface area contributed by atoms with E-state index < -0.39 is 0 Å². The highest BCUT2D eigenvalue weighted by atomic mass is 16.1. The van der Waals surface area contributed by atoms with Crippen LogP contribution >= 0.6 is 0 Å². The Hall–Kier alpha value is -0.570. The second kappa shape index (κ2) is 1.97. The van der Waals surface area contributed by atoms with Gasteiger partial charge in [0.05, 0.1) is 0 Å². The largest absolute Gasteiger partial charge is 0.369 e. The quantitative estimate of drug-likeness (QED) is 0.545. The number of rotatable bonds is 1. The molecular formula is C8H14N2O. The summed E-state index contributed by atoms with van der Waals surface area (Å²) in [7, 11) is 0. The van der Waals surface area contributed by atoms with Gasteiger partial charge in [-0.05, 0) is 24.3 Å². The van der Waals surface area contributed by atoms with Gasteiger partial charge in [-0.3, -0.25) is 4.79 Å². The molecule has 2 fully saturated rings. The van der Waals surface area contributed by atoms with Crippen molar-refractivity contribution in [3.05, 3.63) is 0 Å². The summed E-state index contributed by atoms with van der Waals surface area (Å²) >= 11 is 0. The molecule has 3 atom stereocenters. The van der Waals surface area contributed by atoms with E-state index in [-0.39, 0.29) is 17.2 Å². The highest BCUT2D eigenvalue weighted by Gasteiger charge is 2.64. The third-order valence-electron chi connectivity index (χ3n) is 3.30. The number of nitrogens with two attached hydrogens (primary N) is 1. The molecule has 62 valence electrons. The molecule has 0 bridgehead atoms. The topological polar surface area (TPSA) is 55.1 Å². The number of primary amides is 1. The molecule has 11 heavy (non-hydrogen) atoms. The Bertz CT molecular complexity index is 204. The van der Waals surface area contributed by atoms with Crippen molar-refractivity contribution in [3.8, 4) is 0 Å². The molecule has 3 heteroatoms. The summed E-state index contributed by atoms with van der Waals surface area (Å²) in [4.78, 5) is 10.9. The molecule has 2 rings (SSSR count). The van der Waals surface area contributed by atoms with Crippen LogP contribution in [0.5, 0.6) is 0 Å². The lowest BCUT2D eigenvalue weighted by Gasteiger charge is -2.17. The lowest BCUT2D eigenvalue weighted by Crippen LogP contribution is -2.30. The lowest BCUT2D eigenvalue weighted by molar-refractivity contribution is -0.120. The van der Waals surface area contributed by atoms with Crippen LogP contribution in [0.3, 0.4) is 0 Å². The van der Waals surface area contributed by atoms with Crippen LogP contribution in [-0.4, -0.2) is 19.0 Å². The van der Waals surface area contributed by atoms with Gasteiger partial charge in [0.2, 0.25) is 5.91 Å². The van der Waals surface area contributed by atoms with E-state index in [0.29, 0.717) is 5.92 Å². The maximum atomic E-state index is 10.9. The van der Waals surface area contributed by atoms with Crippen molar-refractivity contribution in [1.82, 2.24) is 5.32 Å². The molecule has 3 unspecified atom stereocenters. The van der Waals surface area contributed by atoms with Gasteiger partial charge in [0.25, 0.3) is 0 Å². The Balaban J connectivity index is 2.12. The molecule has 0 spiro atoms. The van der Waals surface area contributed by atoms with Crippen LogP contribution in [0, 0.1) is 17.3 Å². The van der Waals surface area contributed by atoms with Crippen LogP contribution in [0.25, 0.3) is 0 Å². The minimum absolute atomic E-state index is 0.110. The Morgan fingerprint density at radius 3 is 2.91 bits per heavy atom. The molecule has 1 heterocycles. The Morgan fingerprint density at radius 1 is 1.73 bits per heavy atom. The van der Waals surface area contributed by atoms with E-state index in [0.717, 1.165) is 19.5 Å². The van der Waals surface area contributed by atoms with Crippen LogP contribution in [0.15, 0.2) is 0 Å². The van der Waals surface area contributed by atoms with Crippen LogP contribution in [0.1, 0.15) is 13.3 Å². The van der Waals surface area contributed by atoms with Crippen molar-refractivity contribution >= 4 is 5.91 Å². The average molecular weight is 154 g/mol.